The molecule has 2 amide bonds. The zero-order chi connectivity index (χ0) is 18.7. The smallest absolute Gasteiger partial charge is 0.317 e. The van der Waals surface area contributed by atoms with Crippen LogP contribution in [-0.4, -0.2) is 49.4 Å². The van der Waals surface area contributed by atoms with E-state index < -0.39 is 0 Å². The molecule has 0 unspecified atom stereocenters. The van der Waals surface area contributed by atoms with Gasteiger partial charge in [-0.25, -0.2) is 4.79 Å². The second-order valence-corrected chi connectivity index (χ2v) is 6.97. The molecule has 0 aliphatic heterocycles. The highest BCUT2D eigenvalue weighted by atomic mass is 16.5. The average molecular weight is 367 g/mol. The van der Waals surface area contributed by atoms with Crippen LogP contribution in [0.15, 0.2) is 47.5 Å². The molecule has 4 rings (SSSR count). The molecule has 0 radical (unpaired) electrons. The number of pyridine rings is 1. The van der Waals surface area contributed by atoms with Crippen molar-refractivity contribution in [3.63, 3.8) is 0 Å². The lowest BCUT2D eigenvalue weighted by molar-refractivity contribution is 0.196. The molecule has 9 nitrogen and oxygen atoms in total. The van der Waals surface area contributed by atoms with Gasteiger partial charge in [0, 0.05) is 55.9 Å². The summed E-state index contributed by atoms with van der Waals surface area (Å²) < 4.78 is 7.17. The predicted octanol–water partition coefficient (Wildman–Crippen LogP) is 1.95. The summed E-state index contributed by atoms with van der Waals surface area (Å²) >= 11 is 0. The topological polar surface area (TPSA) is 102 Å². The Morgan fingerprint density at radius 1 is 1.33 bits per heavy atom. The lowest BCUT2D eigenvalue weighted by Gasteiger charge is -2.20. The van der Waals surface area contributed by atoms with Crippen LogP contribution >= 0.6 is 0 Å². The van der Waals surface area contributed by atoms with Gasteiger partial charge in [0.05, 0.1) is 0 Å². The van der Waals surface area contributed by atoms with Crippen molar-refractivity contribution < 1.29 is 9.32 Å². The monoisotopic (exact) mass is 367 g/mol. The highest BCUT2D eigenvalue weighted by Crippen LogP contribution is 2.46. The number of carbonyl (C=O) groups excluding carboxylic acids is 1. The van der Waals surface area contributed by atoms with E-state index in [1.165, 1.54) is 4.90 Å². The summed E-state index contributed by atoms with van der Waals surface area (Å²) in [7, 11) is 1.71. The molecular formula is C18H21N7O2. The zero-order valence-electron chi connectivity index (χ0n) is 15.1. The van der Waals surface area contributed by atoms with Crippen molar-refractivity contribution in [1.82, 2.24) is 35.1 Å². The molecule has 1 N–H and O–H groups in total. The fourth-order valence-electron chi connectivity index (χ4n) is 2.92. The van der Waals surface area contributed by atoms with Crippen LogP contribution in [0.25, 0.3) is 11.4 Å². The maximum absolute atomic E-state index is 12.4. The fourth-order valence-corrected chi connectivity index (χ4v) is 2.92. The second-order valence-electron chi connectivity index (χ2n) is 6.97. The van der Waals surface area contributed by atoms with Gasteiger partial charge in [0.15, 0.2) is 0 Å². The van der Waals surface area contributed by atoms with Gasteiger partial charge in [0.1, 0.15) is 6.54 Å². The lowest BCUT2D eigenvalue weighted by atomic mass is 10.1. The number of aromatic nitrogens is 5. The van der Waals surface area contributed by atoms with E-state index in [4.69, 9.17) is 4.52 Å². The van der Waals surface area contributed by atoms with E-state index in [0.29, 0.717) is 18.3 Å². The van der Waals surface area contributed by atoms with Crippen LogP contribution in [0.5, 0.6) is 0 Å². The molecule has 0 spiro atoms. The van der Waals surface area contributed by atoms with Crippen LogP contribution in [-0.2, 0) is 13.1 Å². The van der Waals surface area contributed by atoms with Gasteiger partial charge >= 0.3 is 6.03 Å². The highest BCUT2D eigenvalue weighted by Gasteiger charge is 2.43. The third-order valence-electron chi connectivity index (χ3n) is 4.75. The molecule has 1 fully saturated rings. The van der Waals surface area contributed by atoms with E-state index in [-0.39, 0.29) is 18.0 Å². The molecule has 1 aliphatic carbocycles. The van der Waals surface area contributed by atoms with E-state index in [2.05, 4.69) is 25.5 Å². The second kappa shape index (κ2) is 7.18. The van der Waals surface area contributed by atoms with Gasteiger partial charge in [0.25, 0.3) is 0 Å². The van der Waals surface area contributed by atoms with Crippen LogP contribution in [0.3, 0.4) is 0 Å². The number of hydrogen-bond acceptors (Lipinski definition) is 6. The van der Waals surface area contributed by atoms with E-state index >= 15 is 0 Å². The Morgan fingerprint density at radius 2 is 2.15 bits per heavy atom. The maximum atomic E-state index is 12.4. The Kier molecular flexibility index (Phi) is 4.57. The molecule has 140 valence electrons. The quantitative estimate of drug-likeness (QED) is 0.685. The van der Waals surface area contributed by atoms with Crippen LogP contribution in [0.4, 0.5) is 4.79 Å². The average Bonchev–Trinajstić information content (AvgIpc) is 3.07. The Balaban J connectivity index is 1.29. The Bertz CT molecular complexity index is 888. The van der Waals surface area contributed by atoms with E-state index in [1.54, 1.807) is 37.8 Å². The van der Waals surface area contributed by atoms with Crippen molar-refractivity contribution in [2.75, 3.05) is 13.6 Å². The Morgan fingerprint density at radius 3 is 2.85 bits per heavy atom. The van der Waals surface area contributed by atoms with Crippen LogP contribution in [0.2, 0.25) is 0 Å². The van der Waals surface area contributed by atoms with Gasteiger partial charge in [0.2, 0.25) is 11.7 Å². The number of nitrogens with zero attached hydrogens (tertiary/aromatic N) is 6. The molecule has 3 aromatic rings. The van der Waals surface area contributed by atoms with Crippen molar-refractivity contribution in [2.24, 2.45) is 5.41 Å². The zero-order valence-corrected chi connectivity index (χ0v) is 15.1. The number of nitrogens with one attached hydrogen (secondary N) is 1. The van der Waals surface area contributed by atoms with E-state index in [0.717, 1.165) is 24.9 Å². The number of rotatable bonds is 7. The summed E-state index contributed by atoms with van der Waals surface area (Å²) in [5.41, 5.74) is 0.933. The summed E-state index contributed by atoms with van der Waals surface area (Å²) in [6.45, 7) is 1.70. The Labute approximate surface area is 156 Å². The van der Waals surface area contributed by atoms with Crippen molar-refractivity contribution in [3.05, 3.63) is 48.9 Å². The first-order valence-corrected chi connectivity index (χ1v) is 8.83. The third-order valence-corrected chi connectivity index (χ3v) is 4.75. The molecular weight excluding hydrogens is 346 g/mol. The molecule has 1 saturated carbocycles. The first-order chi connectivity index (χ1) is 13.1. The largest absolute Gasteiger partial charge is 0.337 e. The summed E-state index contributed by atoms with van der Waals surface area (Å²) in [5, 5.41) is 11.2. The van der Waals surface area contributed by atoms with Gasteiger partial charge in [-0.2, -0.15) is 10.1 Å². The number of hydrogen-bond donors (Lipinski definition) is 1. The van der Waals surface area contributed by atoms with Gasteiger partial charge in [-0.15, -0.1) is 0 Å². The number of amides is 2. The minimum atomic E-state index is -0.162. The fraction of sp³-hybridized carbons (Fsp3) is 0.389. The normalized spacial score (nSPS) is 14.7. The third kappa shape index (κ3) is 4.13. The highest BCUT2D eigenvalue weighted by molar-refractivity contribution is 5.73. The summed E-state index contributed by atoms with van der Waals surface area (Å²) in [6, 6.07) is 5.36. The SMILES string of the molecule is CN(Cc1nc(-c2ccncc2)no1)C(=O)NCC1(Cn2cccn2)CC1. The molecule has 3 aromatic heterocycles. The maximum Gasteiger partial charge on any atom is 0.317 e. The molecule has 27 heavy (non-hydrogen) atoms. The van der Waals surface area contributed by atoms with Crippen molar-refractivity contribution >= 4 is 6.03 Å². The summed E-state index contributed by atoms with van der Waals surface area (Å²) in [4.78, 5) is 22.2. The first-order valence-electron chi connectivity index (χ1n) is 8.83. The predicted molar refractivity (Wildman–Crippen MR) is 96.3 cm³/mol. The van der Waals surface area contributed by atoms with Crippen LogP contribution in [0, 0.1) is 5.41 Å². The van der Waals surface area contributed by atoms with Crippen molar-refractivity contribution in [2.45, 2.75) is 25.9 Å². The minimum absolute atomic E-state index is 0.113. The number of urea groups is 1. The lowest BCUT2D eigenvalue weighted by Crippen LogP contribution is -2.40. The van der Waals surface area contributed by atoms with Crippen molar-refractivity contribution in [1.29, 1.82) is 0 Å². The molecule has 3 heterocycles. The van der Waals surface area contributed by atoms with Gasteiger partial charge in [-0.1, -0.05) is 5.16 Å². The molecule has 0 saturated heterocycles. The van der Waals surface area contributed by atoms with Crippen molar-refractivity contribution in [3.8, 4) is 11.4 Å². The van der Waals surface area contributed by atoms with Gasteiger partial charge < -0.3 is 14.7 Å². The standard InChI is InChI=1S/C18H21N7O2/c1-24(11-15-22-16(23-27-15)14-3-8-19-9-4-14)17(26)20-12-18(5-6-18)13-25-10-2-7-21-25/h2-4,7-10H,5-6,11-13H2,1H3,(H,20,26). The first kappa shape index (κ1) is 17.2. The van der Waals surface area contributed by atoms with E-state index in [9.17, 15) is 4.79 Å². The van der Waals surface area contributed by atoms with E-state index in [1.807, 2.05) is 16.9 Å². The summed E-state index contributed by atoms with van der Waals surface area (Å²) in [6.07, 6.45) is 9.24. The molecule has 0 bridgehead atoms. The molecule has 1 aliphatic rings. The van der Waals surface area contributed by atoms with Gasteiger partial charge in [-0.05, 0) is 31.0 Å². The van der Waals surface area contributed by atoms with Crippen LogP contribution in [0.1, 0.15) is 18.7 Å². The molecule has 9 heteroatoms. The Hall–Kier alpha value is -3.23. The number of carbonyl (C=O) groups is 1. The van der Waals surface area contributed by atoms with Crippen LogP contribution < -0.4 is 5.32 Å². The minimum Gasteiger partial charge on any atom is -0.337 e. The summed E-state index contributed by atoms with van der Waals surface area (Å²) in [5.74, 6) is 0.870. The molecule has 0 aromatic carbocycles. The van der Waals surface area contributed by atoms with Gasteiger partial charge in [-0.3, -0.25) is 9.67 Å². The molecule has 0 atom stereocenters.